The first-order valence-electron chi connectivity index (χ1n) is 8.43. The largest absolute Gasteiger partial charge is 0.351 e. The summed E-state index contributed by atoms with van der Waals surface area (Å²) in [7, 11) is 0. The Morgan fingerprint density at radius 1 is 1.04 bits per heavy atom. The van der Waals surface area contributed by atoms with E-state index in [9.17, 15) is 4.39 Å². The van der Waals surface area contributed by atoms with Gasteiger partial charge in [-0.3, -0.25) is 4.90 Å². The van der Waals surface area contributed by atoms with Gasteiger partial charge in [0, 0.05) is 56.9 Å². The van der Waals surface area contributed by atoms with Gasteiger partial charge in [-0.1, -0.05) is 23.7 Å². The van der Waals surface area contributed by atoms with Gasteiger partial charge in [0.1, 0.15) is 11.5 Å². The van der Waals surface area contributed by atoms with E-state index in [4.69, 9.17) is 11.6 Å². The Morgan fingerprint density at radius 2 is 1.81 bits per heavy atom. The lowest BCUT2D eigenvalue weighted by atomic mass is 10.2. The van der Waals surface area contributed by atoms with Crippen LogP contribution in [0.2, 0.25) is 5.15 Å². The summed E-state index contributed by atoms with van der Waals surface area (Å²) in [4.78, 5) is 12.9. The Hall–Kier alpha value is -2.51. The summed E-state index contributed by atoms with van der Waals surface area (Å²) < 4.78 is 15.5. The second-order valence-electron chi connectivity index (χ2n) is 6.18. The molecule has 3 heterocycles. The number of anilines is 1. The molecule has 1 aromatic carbocycles. The molecule has 0 amide bonds. The van der Waals surface area contributed by atoms with E-state index in [2.05, 4.69) is 24.9 Å². The average molecular weight is 373 g/mol. The number of halogens is 2. The number of nitrogens with zero attached hydrogens (tertiary/aromatic N) is 6. The molecule has 0 aliphatic carbocycles. The van der Waals surface area contributed by atoms with E-state index in [1.807, 2.05) is 6.20 Å². The zero-order valence-electron chi connectivity index (χ0n) is 14.1. The van der Waals surface area contributed by atoms with Gasteiger partial charge in [-0.25, -0.2) is 19.0 Å². The monoisotopic (exact) mass is 372 g/mol. The highest BCUT2D eigenvalue weighted by Crippen LogP contribution is 2.21. The molecule has 1 aliphatic rings. The summed E-state index contributed by atoms with van der Waals surface area (Å²) in [6.45, 7) is 4.21. The molecule has 26 heavy (non-hydrogen) atoms. The van der Waals surface area contributed by atoms with Crippen LogP contribution >= 0.6 is 11.6 Å². The van der Waals surface area contributed by atoms with E-state index in [1.54, 1.807) is 41.5 Å². The van der Waals surface area contributed by atoms with Gasteiger partial charge in [-0.2, -0.15) is 5.10 Å². The Labute approximate surface area is 155 Å². The van der Waals surface area contributed by atoms with Gasteiger partial charge in [-0.05, 0) is 12.1 Å². The van der Waals surface area contributed by atoms with Gasteiger partial charge < -0.3 is 4.90 Å². The van der Waals surface area contributed by atoms with Crippen molar-refractivity contribution < 1.29 is 4.39 Å². The van der Waals surface area contributed by atoms with Crippen LogP contribution in [-0.2, 0) is 6.54 Å². The molecule has 6 nitrogen and oxygen atoms in total. The number of hydrogen-bond acceptors (Lipinski definition) is 5. The minimum atomic E-state index is -0.281. The molecule has 0 unspecified atom stereocenters. The molecule has 0 spiro atoms. The third-order valence-corrected chi connectivity index (χ3v) is 4.72. The summed E-state index contributed by atoms with van der Waals surface area (Å²) in [5, 5.41) is 4.73. The van der Waals surface area contributed by atoms with Crippen LogP contribution < -0.4 is 4.90 Å². The maximum absolute atomic E-state index is 13.9. The van der Waals surface area contributed by atoms with Crippen molar-refractivity contribution in [2.24, 2.45) is 0 Å². The van der Waals surface area contributed by atoms with Gasteiger partial charge in [0.25, 0.3) is 0 Å². The van der Waals surface area contributed by atoms with E-state index in [0.717, 1.165) is 44.1 Å². The van der Waals surface area contributed by atoms with E-state index < -0.39 is 0 Å². The van der Waals surface area contributed by atoms with E-state index >= 15 is 0 Å². The third kappa shape index (κ3) is 3.54. The number of piperazine rings is 1. The minimum absolute atomic E-state index is 0.281. The van der Waals surface area contributed by atoms with E-state index in [1.165, 1.54) is 6.07 Å². The SMILES string of the molecule is Fc1ccccc1-n1cc(CN2CCN(c3nccnc3Cl)CC2)cn1. The van der Waals surface area contributed by atoms with Crippen LogP contribution in [0.5, 0.6) is 0 Å². The predicted molar refractivity (Wildman–Crippen MR) is 98.1 cm³/mol. The summed E-state index contributed by atoms with van der Waals surface area (Å²) in [5.41, 5.74) is 1.51. The van der Waals surface area contributed by atoms with Crippen molar-refractivity contribution in [3.05, 3.63) is 65.6 Å². The summed E-state index contributed by atoms with van der Waals surface area (Å²) >= 11 is 6.13. The molecule has 3 aromatic rings. The van der Waals surface area contributed by atoms with Crippen molar-refractivity contribution in [1.29, 1.82) is 0 Å². The van der Waals surface area contributed by atoms with Crippen molar-refractivity contribution in [2.75, 3.05) is 31.1 Å². The van der Waals surface area contributed by atoms with Crippen LogP contribution in [0.4, 0.5) is 10.2 Å². The van der Waals surface area contributed by atoms with Crippen molar-refractivity contribution in [3.8, 4) is 5.69 Å². The van der Waals surface area contributed by atoms with Crippen LogP contribution in [-0.4, -0.2) is 50.8 Å². The molecule has 8 heteroatoms. The molecule has 0 atom stereocenters. The van der Waals surface area contributed by atoms with E-state index in [-0.39, 0.29) is 5.82 Å². The smallest absolute Gasteiger partial charge is 0.171 e. The van der Waals surface area contributed by atoms with Gasteiger partial charge in [-0.15, -0.1) is 0 Å². The van der Waals surface area contributed by atoms with Gasteiger partial charge >= 0.3 is 0 Å². The fourth-order valence-electron chi connectivity index (χ4n) is 3.11. The zero-order valence-corrected chi connectivity index (χ0v) is 14.8. The van der Waals surface area contributed by atoms with Crippen molar-refractivity contribution in [2.45, 2.75) is 6.54 Å². The first-order valence-corrected chi connectivity index (χ1v) is 8.81. The standard InChI is InChI=1S/C18H18ClFN6/c19-17-18(22-6-5-21-17)25-9-7-24(8-10-25)12-14-11-23-26(13-14)16-4-2-1-3-15(16)20/h1-6,11,13H,7-10,12H2. The molecular formula is C18H18ClFN6. The maximum Gasteiger partial charge on any atom is 0.171 e. The Kier molecular flexibility index (Phi) is 4.81. The second kappa shape index (κ2) is 7.39. The van der Waals surface area contributed by atoms with Crippen LogP contribution in [0.15, 0.2) is 49.1 Å². The first-order chi connectivity index (χ1) is 12.7. The molecule has 4 rings (SSSR count). The summed E-state index contributed by atoms with van der Waals surface area (Å²) in [6.07, 6.45) is 6.92. The van der Waals surface area contributed by atoms with Gasteiger partial charge in [0.15, 0.2) is 11.0 Å². The Morgan fingerprint density at radius 3 is 2.58 bits per heavy atom. The Bertz CT molecular complexity index is 891. The molecule has 2 aromatic heterocycles. The molecular weight excluding hydrogens is 355 g/mol. The predicted octanol–water partition coefficient (Wildman–Crippen LogP) is 2.78. The van der Waals surface area contributed by atoms with E-state index in [0.29, 0.717) is 10.8 Å². The topological polar surface area (TPSA) is 50.1 Å². The molecule has 1 saturated heterocycles. The van der Waals surface area contributed by atoms with Crippen LogP contribution in [0.3, 0.4) is 0 Å². The zero-order chi connectivity index (χ0) is 17.9. The molecule has 134 valence electrons. The number of hydrogen-bond donors (Lipinski definition) is 0. The average Bonchev–Trinajstić information content (AvgIpc) is 3.11. The fourth-order valence-corrected chi connectivity index (χ4v) is 3.34. The lowest BCUT2D eigenvalue weighted by Crippen LogP contribution is -2.46. The lowest BCUT2D eigenvalue weighted by Gasteiger charge is -2.35. The highest BCUT2D eigenvalue weighted by atomic mass is 35.5. The summed E-state index contributed by atoms with van der Waals surface area (Å²) in [6, 6.07) is 6.63. The normalized spacial score (nSPS) is 15.4. The van der Waals surface area contributed by atoms with Crippen LogP contribution in [0.25, 0.3) is 5.69 Å². The highest BCUT2D eigenvalue weighted by Gasteiger charge is 2.20. The number of aromatic nitrogens is 4. The summed E-state index contributed by atoms with van der Waals surface area (Å²) in [5.74, 6) is 0.456. The number of benzene rings is 1. The Balaban J connectivity index is 1.38. The third-order valence-electron chi connectivity index (χ3n) is 4.45. The van der Waals surface area contributed by atoms with Crippen molar-refractivity contribution >= 4 is 17.4 Å². The second-order valence-corrected chi connectivity index (χ2v) is 6.54. The number of para-hydroxylation sites is 1. The van der Waals surface area contributed by atoms with Gasteiger partial charge in [0.05, 0.1) is 6.20 Å². The maximum atomic E-state index is 13.9. The molecule has 0 radical (unpaired) electrons. The molecule has 0 N–H and O–H groups in total. The van der Waals surface area contributed by atoms with Crippen LogP contribution in [0, 0.1) is 5.82 Å². The fraction of sp³-hybridized carbons (Fsp3) is 0.278. The molecule has 1 fully saturated rings. The molecule has 1 aliphatic heterocycles. The quantitative estimate of drug-likeness (QED) is 0.705. The van der Waals surface area contributed by atoms with Crippen molar-refractivity contribution in [1.82, 2.24) is 24.6 Å². The van der Waals surface area contributed by atoms with Crippen LogP contribution in [0.1, 0.15) is 5.56 Å². The first kappa shape index (κ1) is 16.9. The minimum Gasteiger partial charge on any atom is -0.351 e. The lowest BCUT2D eigenvalue weighted by molar-refractivity contribution is 0.249. The molecule has 0 bridgehead atoms. The van der Waals surface area contributed by atoms with Gasteiger partial charge in [0.2, 0.25) is 0 Å². The van der Waals surface area contributed by atoms with Crippen molar-refractivity contribution in [3.63, 3.8) is 0 Å². The molecule has 0 saturated carbocycles. The number of rotatable bonds is 4. The highest BCUT2D eigenvalue weighted by molar-refractivity contribution is 6.31.